The number of aromatic nitrogens is 3. The van der Waals surface area contributed by atoms with E-state index in [4.69, 9.17) is 21.9 Å². The first-order valence-corrected chi connectivity index (χ1v) is 14.7. The molecular weight excluding hydrogens is 549 g/mol. The Morgan fingerprint density at radius 2 is 1.67 bits per heavy atom. The van der Waals surface area contributed by atoms with Crippen LogP contribution in [0.1, 0.15) is 19.4 Å². The monoisotopic (exact) mass is 574 g/mol. The molecule has 2 heterocycles. The predicted octanol–water partition coefficient (Wildman–Crippen LogP) is 6.66. The van der Waals surface area contributed by atoms with Crippen molar-refractivity contribution in [1.82, 2.24) is 14.1 Å². The second-order valence-corrected chi connectivity index (χ2v) is 11.1. The fourth-order valence-electron chi connectivity index (χ4n) is 4.19. The van der Waals surface area contributed by atoms with Gasteiger partial charge in [0.25, 0.3) is 5.56 Å². The van der Waals surface area contributed by atoms with E-state index in [0.717, 1.165) is 29.1 Å². The lowest BCUT2D eigenvalue weighted by Crippen LogP contribution is -2.23. The molecule has 198 valence electrons. The summed E-state index contributed by atoms with van der Waals surface area (Å²) in [5, 5.41) is 3.40. The van der Waals surface area contributed by atoms with Gasteiger partial charge >= 0.3 is 0 Å². The smallest absolute Gasteiger partial charge is 0.278 e. The minimum atomic E-state index is -0.230. The van der Waals surface area contributed by atoms with Gasteiger partial charge in [0.2, 0.25) is 5.91 Å². The van der Waals surface area contributed by atoms with Crippen LogP contribution in [0, 0.1) is 3.95 Å². The van der Waals surface area contributed by atoms with E-state index < -0.39 is 0 Å². The first-order chi connectivity index (χ1) is 19.0. The van der Waals surface area contributed by atoms with Gasteiger partial charge in [-0.05, 0) is 73.6 Å². The third-order valence-corrected chi connectivity index (χ3v) is 8.29. The van der Waals surface area contributed by atoms with Gasteiger partial charge in [0.15, 0.2) is 14.8 Å². The normalized spacial score (nSPS) is 11.0. The molecule has 1 N–H and O–H groups in total. The van der Waals surface area contributed by atoms with E-state index >= 15 is 0 Å². The number of hydrogen-bond donors (Lipinski definition) is 1. The number of rotatable bonds is 9. The molecule has 1 amide bonds. The van der Waals surface area contributed by atoms with Gasteiger partial charge in [-0.3, -0.25) is 18.7 Å². The lowest BCUT2D eigenvalue weighted by molar-refractivity contribution is -0.113. The highest BCUT2D eigenvalue weighted by Gasteiger charge is 2.20. The number of carbonyl (C=O) groups is 1. The Hall–Kier alpha value is -3.73. The zero-order chi connectivity index (χ0) is 27.4. The van der Waals surface area contributed by atoms with Crippen molar-refractivity contribution in [2.45, 2.75) is 25.4 Å². The highest BCUT2D eigenvalue weighted by molar-refractivity contribution is 7.99. The van der Waals surface area contributed by atoms with Gasteiger partial charge < -0.3 is 10.1 Å². The number of aryl methyl sites for hydroxylation is 1. The number of hydrogen-bond acceptors (Lipinski definition) is 7. The standard InChI is InChI=1S/C29H26N4O3S3/c1-3-19-10-8-9-13-23(19)30-24(34)18-38-28-31-26-25(27(35)33(28)20-11-6-5-7-12-20)39-29(37)32(26)21-14-16-22(17-15-21)36-4-2/h5-17H,3-4,18H2,1-2H3,(H,30,34). The molecule has 7 nitrogen and oxygen atoms in total. The van der Waals surface area contributed by atoms with Crippen molar-refractivity contribution >= 4 is 57.3 Å². The van der Waals surface area contributed by atoms with E-state index in [1.165, 1.54) is 23.1 Å². The summed E-state index contributed by atoms with van der Waals surface area (Å²) in [4.78, 5) is 31.7. The van der Waals surface area contributed by atoms with Crippen LogP contribution in [0.15, 0.2) is 88.8 Å². The lowest BCUT2D eigenvalue weighted by atomic mass is 10.1. The van der Waals surface area contributed by atoms with Crippen molar-refractivity contribution in [3.63, 3.8) is 0 Å². The Balaban J connectivity index is 1.56. The van der Waals surface area contributed by atoms with Crippen molar-refractivity contribution in [3.8, 4) is 17.1 Å². The zero-order valence-corrected chi connectivity index (χ0v) is 23.9. The highest BCUT2D eigenvalue weighted by Crippen LogP contribution is 2.28. The minimum absolute atomic E-state index is 0.0801. The van der Waals surface area contributed by atoms with Crippen molar-refractivity contribution < 1.29 is 9.53 Å². The third kappa shape index (κ3) is 5.68. The predicted molar refractivity (Wildman–Crippen MR) is 162 cm³/mol. The Bertz CT molecular complexity index is 1740. The average molecular weight is 575 g/mol. The van der Waals surface area contributed by atoms with Gasteiger partial charge in [-0.25, -0.2) is 4.98 Å². The lowest BCUT2D eigenvalue weighted by Gasteiger charge is -2.14. The Morgan fingerprint density at radius 3 is 2.38 bits per heavy atom. The maximum Gasteiger partial charge on any atom is 0.278 e. The van der Waals surface area contributed by atoms with Crippen LogP contribution in [0.4, 0.5) is 5.69 Å². The number of nitrogens with one attached hydrogen (secondary N) is 1. The molecule has 0 aliphatic carbocycles. The number of nitrogens with zero attached hydrogens (tertiary/aromatic N) is 3. The second kappa shape index (κ2) is 12.0. The first-order valence-electron chi connectivity index (χ1n) is 12.5. The molecule has 0 aliphatic rings. The topological polar surface area (TPSA) is 78.1 Å². The molecule has 2 aromatic heterocycles. The molecule has 5 rings (SSSR count). The quantitative estimate of drug-likeness (QED) is 0.121. The molecule has 0 fully saturated rings. The number of para-hydroxylation sites is 2. The summed E-state index contributed by atoms with van der Waals surface area (Å²) in [5.41, 5.74) is 3.53. The number of ether oxygens (including phenoxy) is 1. The van der Waals surface area contributed by atoms with Gasteiger partial charge in [0, 0.05) is 11.4 Å². The molecule has 0 radical (unpaired) electrons. The van der Waals surface area contributed by atoms with Gasteiger partial charge in [-0.1, -0.05) is 66.4 Å². The number of carbonyl (C=O) groups excluding carboxylic acids is 1. The van der Waals surface area contributed by atoms with Crippen LogP contribution in [0.5, 0.6) is 5.75 Å². The molecule has 0 spiro atoms. The molecule has 0 bridgehead atoms. The minimum Gasteiger partial charge on any atom is -0.494 e. The fraction of sp³-hybridized carbons (Fsp3) is 0.172. The SMILES string of the molecule is CCOc1ccc(-n2c(=S)sc3c(=O)n(-c4ccccc4)c(SCC(=O)Nc4ccccc4CC)nc32)cc1. The van der Waals surface area contributed by atoms with E-state index in [1.54, 1.807) is 9.13 Å². The summed E-state index contributed by atoms with van der Waals surface area (Å²) in [6, 6.07) is 24.6. The largest absolute Gasteiger partial charge is 0.494 e. The molecule has 5 aromatic rings. The van der Waals surface area contributed by atoms with Crippen LogP contribution in [0.25, 0.3) is 21.7 Å². The van der Waals surface area contributed by atoms with Crippen LogP contribution < -0.4 is 15.6 Å². The van der Waals surface area contributed by atoms with Crippen molar-refractivity contribution in [3.05, 3.63) is 98.7 Å². The van der Waals surface area contributed by atoms with Gasteiger partial charge in [0.1, 0.15) is 10.4 Å². The van der Waals surface area contributed by atoms with Crippen LogP contribution in [0.3, 0.4) is 0 Å². The van der Waals surface area contributed by atoms with Gasteiger partial charge in [-0.2, -0.15) is 0 Å². The zero-order valence-electron chi connectivity index (χ0n) is 21.4. The molecule has 10 heteroatoms. The molecule has 39 heavy (non-hydrogen) atoms. The summed E-state index contributed by atoms with van der Waals surface area (Å²) >= 11 is 8.11. The van der Waals surface area contributed by atoms with E-state index in [-0.39, 0.29) is 17.2 Å². The van der Waals surface area contributed by atoms with Crippen molar-refractivity contribution in [1.29, 1.82) is 0 Å². The van der Waals surface area contributed by atoms with Crippen molar-refractivity contribution in [2.24, 2.45) is 0 Å². The molecule has 3 aromatic carbocycles. The van der Waals surface area contributed by atoms with E-state index in [2.05, 4.69) is 5.32 Å². The van der Waals surface area contributed by atoms with Crippen LogP contribution in [0.2, 0.25) is 0 Å². The van der Waals surface area contributed by atoms with Crippen LogP contribution in [-0.2, 0) is 11.2 Å². The van der Waals surface area contributed by atoms with Crippen molar-refractivity contribution in [2.75, 3.05) is 17.7 Å². The molecular formula is C29H26N4O3S3. The summed E-state index contributed by atoms with van der Waals surface area (Å²) in [7, 11) is 0. The van der Waals surface area contributed by atoms with E-state index in [0.29, 0.717) is 31.8 Å². The van der Waals surface area contributed by atoms with Gasteiger partial charge in [-0.15, -0.1) is 0 Å². The average Bonchev–Trinajstić information content (AvgIpc) is 3.29. The van der Waals surface area contributed by atoms with Crippen LogP contribution >= 0.6 is 35.3 Å². The summed E-state index contributed by atoms with van der Waals surface area (Å²) in [6.45, 7) is 4.55. The first kappa shape index (κ1) is 26.9. The molecule has 0 atom stereocenters. The Labute approximate surface area is 239 Å². The summed E-state index contributed by atoms with van der Waals surface area (Å²) < 4.78 is 9.87. The maximum atomic E-state index is 13.8. The molecule has 0 aliphatic heterocycles. The number of amides is 1. The molecule has 0 saturated heterocycles. The highest BCUT2D eigenvalue weighted by atomic mass is 32.2. The molecule has 0 unspecified atom stereocenters. The van der Waals surface area contributed by atoms with Gasteiger partial charge in [0.05, 0.1) is 18.0 Å². The number of thioether (sulfide) groups is 1. The number of thiazole rings is 1. The van der Waals surface area contributed by atoms with E-state index in [1.807, 2.05) is 92.7 Å². The Kier molecular flexibility index (Phi) is 8.25. The summed E-state index contributed by atoms with van der Waals surface area (Å²) in [6.07, 6.45) is 0.808. The fourth-order valence-corrected chi connectivity index (χ4v) is 6.30. The third-order valence-electron chi connectivity index (χ3n) is 6.00. The Morgan fingerprint density at radius 1 is 0.974 bits per heavy atom. The number of anilines is 1. The van der Waals surface area contributed by atoms with E-state index in [9.17, 15) is 9.59 Å². The number of benzene rings is 3. The summed E-state index contributed by atoms with van der Waals surface area (Å²) in [5.74, 6) is 0.652. The maximum absolute atomic E-state index is 13.8. The second-order valence-electron chi connectivity index (χ2n) is 8.50. The number of fused-ring (bicyclic) bond motifs is 1. The molecule has 0 saturated carbocycles. The van der Waals surface area contributed by atoms with Crippen LogP contribution in [-0.4, -0.2) is 32.4 Å².